The minimum atomic E-state index is -0.729. The number of benzene rings is 1. The highest BCUT2D eigenvalue weighted by atomic mass is 79.9. The number of aliphatic hydroxyl groups is 1. The van der Waals surface area contributed by atoms with Crippen LogP contribution in [0.5, 0.6) is 0 Å². The van der Waals surface area contributed by atoms with Crippen LogP contribution < -0.4 is 0 Å². The number of methoxy groups -OCH3 is 1. The lowest BCUT2D eigenvalue weighted by molar-refractivity contribution is 0.187. The first-order chi connectivity index (χ1) is 8.70. The van der Waals surface area contributed by atoms with Crippen LogP contribution in [0.3, 0.4) is 0 Å². The summed E-state index contributed by atoms with van der Waals surface area (Å²) in [4.78, 5) is 0. The highest BCUT2D eigenvalue weighted by molar-refractivity contribution is 9.10. The third-order valence-corrected chi connectivity index (χ3v) is 3.18. The zero-order chi connectivity index (χ0) is 13.0. The lowest BCUT2D eigenvalue weighted by Gasteiger charge is -2.09. The number of hydrogen-bond donors (Lipinski definition) is 1. The number of furan rings is 1. The summed E-state index contributed by atoms with van der Waals surface area (Å²) in [5, 5.41) is 10.1. The number of rotatable bonds is 5. The predicted molar refractivity (Wildman–Crippen MR) is 72.5 cm³/mol. The average Bonchev–Trinajstić information content (AvgIpc) is 2.83. The zero-order valence-corrected chi connectivity index (χ0v) is 11.7. The van der Waals surface area contributed by atoms with Gasteiger partial charge >= 0.3 is 0 Å². The minimum Gasteiger partial charge on any atom is -0.451 e. The van der Waals surface area contributed by atoms with Crippen LogP contribution in [0.4, 0.5) is 0 Å². The van der Waals surface area contributed by atoms with E-state index in [1.54, 1.807) is 19.2 Å². The van der Waals surface area contributed by atoms with E-state index in [4.69, 9.17) is 9.15 Å². The van der Waals surface area contributed by atoms with Gasteiger partial charge in [-0.05, 0) is 45.6 Å². The van der Waals surface area contributed by atoms with Crippen molar-refractivity contribution in [3.63, 3.8) is 0 Å². The number of ether oxygens (including phenoxy) is 1. The topological polar surface area (TPSA) is 42.6 Å². The van der Waals surface area contributed by atoms with E-state index in [2.05, 4.69) is 15.9 Å². The first-order valence-corrected chi connectivity index (χ1v) is 6.51. The Balaban J connectivity index is 2.09. The van der Waals surface area contributed by atoms with Gasteiger partial charge in [0.1, 0.15) is 11.9 Å². The summed E-state index contributed by atoms with van der Waals surface area (Å²) in [5.41, 5.74) is 2.01. The predicted octanol–water partition coefficient (Wildman–Crippen LogP) is 3.31. The third kappa shape index (κ3) is 3.22. The Hall–Kier alpha value is -1.10. The fourth-order valence-electron chi connectivity index (χ4n) is 1.73. The fraction of sp³-hybridized carbons (Fsp3) is 0.286. The average molecular weight is 311 g/mol. The molecule has 0 aliphatic carbocycles. The number of aliphatic hydroxyl groups excluding tert-OH is 1. The molecule has 96 valence electrons. The SMILES string of the molecule is COCCc1ccc(C(O)c2ccc(Br)o2)cc1. The van der Waals surface area contributed by atoms with Crippen LogP contribution >= 0.6 is 15.9 Å². The molecule has 0 spiro atoms. The largest absolute Gasteiger partial charge is 0.451 e. The molecule has 4 heteroatoms. The van der Waals surface area contributed by atoms with Crippen LogP contribution in [-0.4, -0.2) is 18.8 Å². The van der Waals surface area contributed by atoms with Crippen LogP contribution in [0.25, 0.3) is 0 Å². The van der Waals surface area contributed by atoms with E-state index in [1.165, 1.54) is 5.56 Å². The van der Waals surface area contributed by atoms with Crippen molar-refractivity contribution in [2.45, 2.75) is 12.5 Å². The maximum Gasteiger partial charge on any atom is 0.169 e. The van der Waals surface area contributed by atoms with Gasteiger partial charge in [-0.25, -0.2) is 0 Å². The monoisotopic (exact) mass is 310 g/mol. The maximum atomic E-state index is 10.1. The zero-order valence-electron chi connectivity index (χ0n) is 10.1. The van der Waals surface area contributed by atoms with Crippen molar-refractivity contribution in [3.05, 3.63) is 58.0 Å². The van der Waals surface area contributed by atoms with Crippen LogP contribution in [0.2, 0.25) is 0 Å². The number of halogens is 1. The summed E-state index contributed by atoms with van der Waals surface area (Å²) in [6, 6.07) is 11.3. The molecule has 0 aliphatic heterocycles. The van der Waals surface area contributed by atoms with Crippen molar-refractivity contribution >= 4 is 15.9 Å². The molecule has 1 N–H and O–H groups in total. The Bertz CT molecular complexity index is 490. The van der Waals surface area contributed by atoms with Crippen molar-refractivity contribution in [2.75, 3.05) is 13.7 Å². The summed E-state index contributed by atoms with van der Waals surface area (Å²) >= 11 is 3.22. The molecule has 2 rings (SSSR count). The highest BCUT2D eigenvalue weighted by Gasteiger charge is 2.14. The molecule has 1 aromatic carbocycles. The molecule has 0 aliphatic rings. The Morgan fingerprint density at radius 2 is 1.94 bits per heavy atom. The maximum absolute atomic E-state index is 10.1. The summed E-state index contributed by atoms with van der Waals surface area (Å²) in [6.45, 7) is 0.701. The van der Waals surface area contributed by atoms with Crippen LogP contribution in [0.15, 0.2) is 45.5 Å². The highest BCUT2D eigenvalue weighted by Crippen LogP contribution is 2.26. The van der Waals surface area contributed by atoms with E-state index >= 15 is 0 Å². The third-order valence-electron chi connectivity index (χ3n) is 2.75. The van der Waals surface area contributed by atoms with Gasteiger partial charge in [0.05, 0.1) is 6.61 Å². The van der Waals surface area contributed by atoms with Crippen molar-refractivity contribution in [3.8, 4) is 0 Å². The quantitative estimate of drug-likeness (QED) is 0.921. The Kier molecular flexibility index (Phi) is 4.58. The van der Waals surface area contributed by atoms with Gasteiger partial charge in [0.2, 0.25) is 0 Å². The van der Waals surface area contributed by atoms with Crippen molar-refractivity contribution in [1.82, 2.24) is 0 Å². The van der Waals surface area contributed by atoms with Crippen molar-refractivity contribution in [1.29, 1.82) is 0 Å². The molecule has 1 aromatic heterocycles. The molecule has 1 atom stereocenters. The summed E-state index contributed by atoms with van der Waals surface area (Å²) in [6.07, 6.45) is 0.145. The molecule has 2 aromatic rings. The second kappa shape index (κ2) is 6.18. The lowest BCUT2D eigenvalue weighted by atomic mass is 10.0. The Morgan fingerprint density at radius 1 is 1.22 bits per heavy atom. The van der Waals surface area contributed by atoms with Crippen LogP contribution in [-0.2, 0) is 11.2 Å². The summed E-state index contributed by atoms with van der Waals surface area (Å²) in [5.74, 6) is 0.534. The van der Waals surface area contributed by atoms with Gasteiger partial charge < -0.3 is 14.3 Å². The minimum absolute atomic E-state index is 0.534. The van der Waals surface area contributed by atoms with Gasteiger partial charge in [-0.3, -0.25) is 0 Å². The first-order valence-electron chi connectivity index (χ1n) is 5.72. The van der Waals surface area contributed by atoms with E-state index in [1.807, 2.05) is 24.3 Å². The van der Waals surface area contributed by atoms with Crippen molar-refractivity contribution < 1.29 is 14.3 Å². The second-order valence-electron chi connectivity index (χ2n) is 4.03. The van der Waals surface area contributed by atoms with E-state index in [-0.39, 0.29) is 0 Å². The molecule has 0 saturated heterocycles. The smallest absolute Gasteiger partial charge is 0.169 e. The van der Waals surface area contributed by atoms with E-state index in [0.717, 1.165) is 12.0 Å². The second-order valence-corrected chi connectivity index (χ2v) is 4.81. The van der Waals surface area contributed by atoms with E-state index in [9.17, 15) is 5.11 Å². The van der Waals surface area contributed by atoms with Gasteiger partial charge in [-0.1, -0.05) is 24.3 Å². The van der Waals surface area contributed by atoms with Crippen LogP contribution in [0.1, 0.15) is 23.0 Å². The molecule has 0 saturated carbocycles. The lowest BCUT2D eigenvalue weighted by Crippen LogP contribution is -1.99. The van der Waals surface area contributed by atoms with E-state index in [0.29, 0.717) is 17.0 Å². The molecule has 0 amide bonds. The summed E-state index contributed by atoms with van der Waals surface area (Å²) in [7, 11) is 1.69. The molecular weight excluding hydrogens is 296 g/mol. The standard InChI is InChI=1S/C14H15BrO3/c1-17-9-8-10-2-4-11(5-3-10)14(16)12-6-7-13(15)18-12/h2-7,14,16H,8-9H2,1H3. The molecule has 3 nitrogen and oxygen atoms in total. The van der Waals surface area contributed by atoms with Gasteiger partial charge in [0.15, 0.2) is 4.67 Å². The van der Waals surface area contributed by atoms with Gasteiger partial charge in [0, 0.05) is 7.11 Å². The Morgan fingerprint density at radius 3 is 2.50 bits per heavy atom. The fourth-order valence-corrected chi connectivity index (χ4v) is 2.05. The molecule has 18 heavy (non-hydrogen) atoms. The molecule has 0 fully saturated rings. The van der Waals surface area contributed by atoms with Gasteiger partial charge in [-0.2, -0.15) is 0 Å². The van der Waals surface area contributed by atoms with Gasteiger partial charge in [-0.15, -0.1) is 0 Å². The molecule has 0 radical (unpaired) electrons. The van der Waals surface area contributed by atoms with Crippen molar-refractivity contribution in [2.24, 2.45) is 0 Å². The van der Waals surface area contributed by atoms with E-state index < -0.39 is 6.10 Å². The molecule has 1 heterocycles. The van der Waals surface area contributed by atoms with Gasteiger partial charge in [0.25, 0.3) is 0 Å². The molecule has 0 bridgehead atoms. The normalized spacial score (nSPS) is 12.6. The molecule has 1 unspecified atom stereocenters. The van der Waals surface area contributed by atoms with Crippen LogP contribution in [0, 0.1) is 0 Å². The first kappa shape index (κ1) is 13.3. The Labute approximate surface area is 115 Å². The number of hydrogen-bond acceptors (Lipinski definition) is 3. The summed E-state index contributed by atoms with van der Waals surface area (Å²) < 4.78 is 11.0. The molecular formula is C14H15BrO3.